The molecule has 0 saturated carbocycles. The van der Waals surface area contributed by atoms with Gasteiger partial charge in [-0.2, -0.15) is 4.57 Å². The van der Waals surface area contributed by atoms with Crippen LogP contribution < -0.4 is 4.57 Å². The van der Waals surface area contributed by atoms with Gasteiger partial charge in [0.1, 0.15) is 5.69 Å². The Morgan fingerprint density at radius 1 is 1.18 bits per heavy atom. The summed E-state index contributed by atoms with van der Waals surface area (Å²) >= 11 is 0. The predicted molar refractivity (Wildman–Crippen MR) is 58.9 cm³/mol. The molecule has 17 heavy (non-hydrogen) atoms. The van der Waals surface area contributed by atoms with Crippen molar-refractivity contribution in [2.24, 2.45) is 0 Å². The van der Waals surface area contributed by atoms with Crippen molar-refractivity contribution in [1.82, 2.24) is 19.1 Å². The third-order valence-electron chi connectivity index (χ3n) is 3.55. The molecule has 0 bridgehead atoms. The highest BCUT2D eigenvalue weighted by atomic mass is 15.5. The average molecular weight is 222 g/mol. The number of hydrogen-bond acceptors (Lipinski definition) is 2. The van der Waals surface area contributed by atoms with E-state index in [1.54, 1.807) is 0 Å². The molecule has 1 unspecified atom stereocenters. The molecule has 0 aromatic carbocycles. The Kier molecular flexibility index (Phi) is 1.05. The fourth-order valence-electron chi connectivity index (χ4n) is 2.88. The van der Waals surface area contributed by atoms with Gasteiger partial charge in [-0.1, -0.05) is 0 Å². The van der Waals surface area contributed by atoms with Crippen molar-refractivity contribution < 1.29 is 4.57 Å². The summed E-state index contributed by atoms with van der Waals surface area (Å²) in [6, 6.07) is 6.23. The van der Waals surface area contributed by atoms with Crippen molar-refractivity contribution in [2.75, 3.05) is 0 Å². The standard InChI is InChI=1S/C12H8N5/c1-2-5-15-8(3-1)9-7-14-11-10-13-4-6-16(10)12(15)17(9)11/h1-7,12H/q+1. The molecule has 0 fully saturated rings. The molecule has 0 amide bonds. The van der Waals surface area contributed by atoms with Gasteiger partial charge in [-0.05, 0) is 6.07 Å². The molecule has 3 aromatic rings. The van der Waals surface area contributed by atoms with E-state index < -0.39 is 0 Å². The molecule has 0 radical (unpaired) electrons. The zero-order valence-electron chi connectivity index (χ0n) is 8.85. The molecule has 0 aliphatic carbocycles. The minimum absolute atomic E-state index is 0.135. The molecule has 5 heteroatoms. The van der Waals surface area contributed by atoms with Crippen molar-refractivity contribution >= 4 is 0 Å². The van der Waals surface area contributed by atoms with Crippen LogP contribution in [0.5, 0.6) is 0 Å². The van der Waals surface area contributed by atoms with Gasteiger partial charge < -0.3 is 0 Å². The molecule has 0 saturated heterocycles. The van der Waals surface area contributed by atoms with Crippen LogP contribution in [0.1, 0.15) is 6.29 Å². The van der Waals surface area contributed by atoms with E-state index in [1.165, 1.54) is 5.69 Å². The molecule has 1 atom stereocenters. The number of aromatic nitrogens is 5. The van der Waals surface area contributed by atoms with Crippen molar-refractivity contribution in [3.05, 3.63) is 43.0 Å². The summed E-state index contributed by atoms with van der Waals surface area (Å²) in [4.78, 5) is 8.85. The van der Waals surface area contributed by atoms with E-state index in [-0.39, 0.29) is 6.29 Å². The predicted octanol–water partition coefficient (Wildman–Crippen LogP) is 0.881. The first-order valence-corrected chi connectivity index (χ1v) is 5.56. The summed E-state index contributed by atoms with van der Waals surface area (Å²) in [5.74, 6) is 1.90. The lowest BCUT2D eigenvalue weighted by Crippen LogP contribution is -2.42. The topological polar surface area (TPSA) is 39.5 Å². The third-order valence-corrected chi connectivity index (χ3v) is 3.55. The second-order valence-electron chi connectivity index (χ2n) is 4.33. The second kappa shape index (κ2) is 2.29. The van der Waals surface area contributed by atoms with Gasteiger partial charge in [-0.15, -0.1) is 0 Å². The first-order valence-electron chi connectivity index (χ1n) is 5.56. The Labute approximate surface area is 96.6 Å². The minimum Gasteiger partial charge on any atom is -0.250 e. The minimum atomic E-state index is 0.135. The van der Waals surface area contributed by atoms with Crippen LogP contribution in [0.25, 0.3) is 23.0 Å². The lowest BCUT2D eigenvalue weighted by Gasteiger charge is -2.04. The smallest absolute Gasteiger partial charge is 0.250 e. The van der Waals surface area contributed by atoms with Crippen LogP contribution in [0.4, 0.5) is 0 Å². The Morgan fingerprint density at radius 3 is 3.18 bits per heavy atom. The number of rotatable bonds is 0. The molecular weight excluding hydrogens is 214 g/mol. The van der Waals surface area contributed by atoms with Crippen molar-refractivity contribution in [1.29, 1.82) is 0 Å². The highest BCUT2D eigenvalue weighted by Crippen LogP contribution is 2.38. The van der Waals surface area contributed by atoms with Gasteiger partial charge in [0, 0.05) is 24.5 Å². The van der Waals surface area contributed by atoms with Crippen LogP contribution in [0.3, 0.4) is 0 Å². The molecule has 3 aromatic heterocycles. The van der Waals surface area contributed by atoms with Gasteiger partial charge in [0.05, 0.1) is 6.20 Å². The number of nitrogens with zero attached hydrogens (tertiary/aromatic N) is 5. The second-order valence-corrected chi connectivity index (χ2v) is 4.33. The zero-order valence-corrected chi connectivity index (χ0v) is 8.85. The summed E-state index contributed by atoms with van der Waals surface area (Å²) in [6.45, 7) is 0. The van der Waals surface area contributed by atoms with Gasteiger partial charge in [0.15, 0.2) is 17.8 Å². The van der Waals surface area contributed by atoms with Crippen LogP contribution >= 0.6 is 0 Å². The van der Waals surface area contributed by atoms with Crippen LogP contribution in [0.2, 0.25) is 0 Å². The lowest BCUT2D eigenvalue weighted by molar-refractivity contribution is -0.713. The van der Waals surface area contributed by atoms with Gasteiger partial charge in [-0.3, -0.25) is 0 Å². The Balaban J connectivity index is 2.00. The first kappa shape index (κ1) is 7.78. The summed E-state index contributed by atoms with van der Waals surface area (Å²) in [6.07, 6.45) is 8.00. The SMILES string of the molecule is c1cc[n+]2c(c1)-c1cnc3n1C2n1ccnc1-3. The highest BCUT2D eigenvalue weighted by molar-refractivity contribution is 5.62. The monoisotopic (exact) mass is 222 g/mol. The summed E-state index contributed by atoms with van der Waals surface area (Å²) in [7, 11) is 0. The average Bonchev–Trinajstić information content (AvgIpc) is 3.04. The van der Waals surface area contributed by atoms with Crippen LogP contribution in [-0.2, 0) is 0 Å². The van der Waals surface area contributed by atoms with Crippen LogP contribution in [0, 0.1) is 0 Å². The molecule has 5 heterocycles. The third kappa shape index (κ3) is 0.683. The number of fused-ring (bicyclic) bond motifs is 6. The van der Waals surface area contributed by atoms with E-state index in [0.717, 1.165) is 17.3 Å². The summed E-state index contributed by atoms with van der Waals surface area (Å²) in [5.41, 5.74) is 2.37. The quantitative estimate of drug-likeness (QED) is 0.365. The number of hydrogen-bond donors (Lipinski definition) is 0. The van der Waals surface area contributed by atoms with Crippen LogP contribution in [-0.4, -0.2) is 19.1 Å². The number of pyridine rings is 1. The molecule has 5 nitrogen and oxygen atoms in total. The number of imidazole rings is 2. The summed E-state index contributed by atoms with van der Waals surface area (Å²) < 4.78 is 6.64. The maximum atomic E-state index is 4.48. The maximum absolute atomic E-state index is 4.48. The van der Waals surface area contributed by atoms with E-state index in [2.05, 4.69) is 48.1 Å². The normalized spacial score (nSPS) is 18.0. The fraction of sp³-hybridized carbons (Fsp3) is 0.0833. The van der Waals surface area contributed by atoms with Crippen LogP contribution in [0.15, 0.2) is 43.0 Å². The van der Waals surface area contributed by atoms with Crippen molar-refractivity contribution in [2.45, 2.75) is 6.29 Å². The maximum Gasteiger partial charge on any atom is 0.327 e. The molecule has 2 aliphatic heterocycles. The van der Waals surface area contributed by atoms with E-state index in [0.29, 0.717) is 0 Å². The van der Waals surface area contributed by atoms with E-state index >= 15 is 0 Å². The molecule has 5 rings (SSSR count). The van der Waals surface area contributed by atoms with Gasteiger partial charge in [-0.25, -0.2) is 19.1 Å². The van der Waals surface area contributed by atoms with Gasteiger partial charge in [0.25, 0.3) is 0 Å². The Bertz CT molecular complexity index is 767. The largest absolute Gasteiger partial charge is 0.327 e. The van der Waals surface area contributed by atoms with E-state index in [9.17, 15) is 0 Å². The molecular formula is C12H8N5+. The molecule has 0 N–H and O–H groups in total. The van der Waals surface area contributed by atoms with Gasteiger partial charge >= 0.3 is 6.29 Å². The lowest BCUT2D eigenvalue weighted by atomic mass is 10.3. The van der Waals surface area contributed by atoms with Crippen molar-refractivity contribution in [3.8, 4) is 23.0 Å². The zero-order chi connectivity index (χ0) is 11.0. The Morgan fingerprint density at radius 2 is 2.18 bits per heavy atom. The highest BCUT2D eigenvalue weighted by Gasteiger charge is 2.45. The molecule has 0 spiro atoms. The first-order chi connectivity index (χ1) is 8.45. The van der Waals surface area contributed by atoms with Gasteiger partial charge in [0.2, 0.25) is 5.69 Å². The van der Waals surface area contributed by atoms with E-state index in [4.69, 9.17) is 0 Å². The Hall–Kier alpha value is -2.43. The fourth-order valence-corrected chi connectivity index (χ4v) is 2.88. The molecule has 2 aliphatic rings. The molecule has 80 valence electrons. The summed E-state index contributed by atoms with van der Waals surface area (Å²) in [5, 5.41) is 0. The van der Waals surface area contributed by atoms with Crippen molar-refractivity contribution in [3.63, 3.8) is 0 Å². The van der Waals surface area contributed by atoms with E-state index in [1.807, 2.05) is 18.6 Å².